The molecule has 1 aromatic rings. The van der Waals surface area contributed by atoms with E-state index in [2.05, 4.69) is 46.8 Å². The van der Waals surface area contributed by atoms with E-state index in [0.717, 1.165) is 32.1 Å². The number of hydrogen-bond donors (Lipinski definition) is 0. The molecule has 0 aliphatic heterocycles. The van der Waals surface area contributed by atoms with E-state index in [9.17, 15) is 4.79 Å². The van der Waals surface area contributed by atoms with Gasteiger partial charge in [-0.25, -0.2) is 0 Å². The third kappa shape index (κ3) is 7.97. The fourth-order valence-electron chi connectivity index (χ4n) is 4.29. The molecule has 0 heterocycles. The Morgan fingerprint density at radius 3 is 2.04 bits per heavy atom. The van der Waals surface area contributed by atoms with Crippen molar-refractivity contribution in [3.8, 4) is 0 Å². The molecule has 0 N–H and O–H groups in total. The molecule has 2 heteroatoms. The first-order valence-electron chi connectivity index (χ1n) is 11.5. The third-order valence-corrected chi connectivity index (χ3v) is 6.32. The van der Waals surface area contributed by atoms with Crippen LogP contribution in [0.1, 0.15) is 107 Å². The summed E-state index contributed by atoms with van der Waals surface area (Å²) < 4.78 is 5.26. The second-order valence-corrected chi connectivity index (χ2v) is 10.3. The number of ether oxygens (including phenoxy) is 1. The van der Waals surface area contributed by atoms with E-state index >= 15 is 0 Å². The fraction of sp³-hybridized carbons (Fsp3) is 0.731. The van der Waals surface area contributed by atoms with Gasteiger partial charge in [-0.2, -0.15) is 0 Å². The Bertz CT molecular complexity index is 620. The Kier molecular flexibility index (Phi) is 8.58. The summed E-state index contributed by atoms with van der Waals surface area (Å²) in [5, 5.41) is 0. The Hall–Kier alpha value is -1.31. The highest BCUT2D eigenvalue weighted by molar-refractivity contribution is 5.39. The molecule has 0 saturated heterocycles. The van der Waals surface area contributed by atoms with Crippen LogP contribution in [0.2, 0.25) is 0 Å². The van der Waals surface area contributed by atoms with E-state index in [1.54, 1.807) is 5.56 Å². The van der Waals surface area contributed by atoms with E-state index in [0.29, 0.717) is 11.9 Å². The van der Waals surface area contributed by atoms with Crippen molar-refractivity contribution < 1.29 is 9.53 Å². The van der Waals surface area contributed by atoms with Gasteiger partial charge in [-0.3, -0.25) is 4.79 Å². The molecule has 158 valence electrons. The molecule has 28 heavy (non-hydrogen) atoms. The third-order valence-electron chi connectivity index (χ3n) is 6.32. The molecule has 0 atom stereocenters. The van der Waals surface area contributed by atoms with Crippen molar-refractivity contribution >= 4 is 6.47 Å². The van der Waals surface area contributed by atoms with E-state index in [1.807, 2.05) is 0 Å². The minimum atomic E-state index is -0.0957. The first-order chi connectivity index (χ1) is 13.2. The quantitative estimate of drug-likeness (QED) is 0.263. The molecule has 0 bridgehead atoms. The van der Waals surface area contributed by atoms with Crippen LogP contribution < -0.4 is 0 Å². The smallest absolute Gasteiger partial charge is 0.293 e. The van der Waals surface area contributed by atoms with Crippen LogP contribution in [-0.2, 0) is 22.4 Å². The van der Waals surface area contributed by atoms with Gasteiger partial charge in [-0.15, -0.1) is 0 Å². The number of hydrogen-bond acceptors (Lipinski definition) is 2. The molecule has 0 unspecified atom stereocenters. The van der Waals surface area contributed by atoms with Gasteiger partial charge in [0.1, 0.15) is 5.60 Å². The lowest BCUT2D eigenvalue weighted by Crippen LogP contribution is -2.12. The number of benzene rings is 1. The summed E-state index contributed by atoms with van der Waals surface area (Å²) >= 11 is 0. The molecule has 2 rings (SSSR count). The Balaban J connectivity index is 1.75. The van der Waals surface area contributed by atoms with Crippen LogP contribution in [0.25, 0.3) is 0 Å². The zero-order chi connectivity index (χ0) is 20.6. The fourth-order valence-corrected chi connectivity index (χ4v) is 4.29. The molecule has 1 saturated carbocycles. The van der Waals surface area contributed by atoms with E-state index in [4.69, 9.17) is 4.74 Å². The van der Waals surface area contributed by atoms with Crippen molar-refractivity contribution in [1.82, 2.24) is 0 Å². The predicted octanol–water partition coefficient (Wildman–Crippen LogP) is 7.26. The molecule has 1 fully saturated rings. The first-order valence-corrected chi connectivity index (χ1v) is 11.5. The Morgan fingerprint density at radius 1 is 0.929 bits per heavy atom. The van der Waals surface area contributed by atoms with Gasteiger partial charge in [0, 0.05) is 0 Å². The summed E-state index contributed by atoms with van der Waals surface area (Å²) in [6, 6.07) is 4.77. The first kappa shape index (κ1) is 23.0. The van der Waals surface area contributed by atoms with Crippen molar-refractivity contribution in [2.75, 3.05) is 0 Å². The van der Waals surface area contributed by atoms with Crippen molar-refractivity contribution in [1.29, 1.82) is 0 Å². The van der Waals surface area contributed by atoms with E-state index < -0.39 is 0 Å². The van der Waals surface area contributed by atoms with E-state index in [1.165, 1.54) is 61.6 Å². The van der Waals surface area contributed by atoms with Crippen LogP contribution in [-0.4, -0.2) is 12.1 Å². The average Bonchev–Trinajstić information content (AvgIpc) is 3.37. The molecular weight excluding hydrogens is 344 g/mol. The molecule has 0 spiro atoms. The highest BCUT2D eigenvalue weighted by Gasteiger charge is 2.44. The number of carbonyl (C=O) groups is 1. The lowest BCUT2D eigenvalue weighted by molar-refractivity contribution is -0.135. The standard InChI is InChI=1S/C26H42O2/c1-21-18-23(12-8-6-7-10-14-25(3,4)5)22(2)24(19-21)13-9-11-15-26(16-17-26)28-20-27/h18-20H,6-17H2,1-5H3. The van der Waals surface area contributed by atoms with Gasteiger partial charge in [0.2, 0.25) is 0 Å². The zero-order valence-corrected chi connectivity index (χ0v) is 19.0. The normalized spacial score (nSPS) is 15.5. The van der Waals surface area contributed by atoms with Crippen LogP contribution in [0.4, 0.5) is 0 Å². The summed E-state index contributed by atoms with van der Waals surface area (Å²) in [5.74, 6) is 0. The largest absolute Gasteiger partial charge is 0.461 e. The number of rotatable bonds is 13. The second kappa shape index (κ2) is 10.5. The van der Waals surface area contributed by atoms with Crippen molar-refractivity contribution in [2.24, 2.45) is 5.41 Å². The average molecular weight is 387 g/mol. The lowest BCUT2D eigenvalue weighted by atomic mass is 9.89. The van der Waals surface area contributed by atoms with Gasteiger partial charge in [-0.1, -0.05) is 57.7 Å². The highest BCUT2D eigenvalue weighted by atomic mass is 16.5. The number of carbonyl (C=O) groups excluding carboxylic acids is 1. The van der Waals surface area contributed by atoms with Crippen molar-refractivity contribution in [3.63, 3.8) is 0 Å². The van der Waals surface area contributed by atoms with Crippen LogP contribution in [0.5, 0.6) is 0 Å². The lowest BCUT2D eigenvalue weighted by Gasteiger charge is -2.17. The van der Waals surface area contributed by atoms with Gasteiger partial charge in [-0.05, 0) is 93.7 Å². The topological polar surface area (TPSA) is 26.3 Å². The number of unbranched alkanes of at least 4 members (excludes halogenated alkanes) is 4. The maximum absolute atomic E-state index is 10.6. The molecular formula is C26H42O2. The van der Waals surface area contributed by atoms with Crippen LogP contribution >= 0.6 is 0 Å². The molecule has 0 aromatic heterocycles. The monoisotopic (exact) mass is 386 g/mol. The van der Waals surface area contributed by atoms with Gasteiger partial charge in [0.15, 0.2) is 0 Å². The van der Waals surface area contributed by atoms with Gasteiger partial charge < -0.3 is 4.74 Å². The summed E-state index contributed by atoms with van der Waals surface area (Å²) in [4.78, 5) is 10.6. The molecule has 1 aliphatic rings. The predicted molar refractivity (Wildman–Crippen MR) is 119 cm³/mol. The summed E-state index contributed by atoms with van der Waals surface area (Å²) in [7, 11) is 0. The van der Waals surface area contributed by atoms with Crippen LogP contribution in [0.15, 0.2) is 12.1 Å². The molecule has 0 amide bonds. The minimum absolute atomic E-state index is 0.0957. The van der Waals surface area contributed by atoms with Crippen LogP contribution in [0, 0.1) is 19.3 Å². The van der Waals surface area contributed by atoms with E-state index in [-0.39, 0.29) is 5.60 Å². The number of aryl methyl sites for hydroxylation is 3. The summed E-state index contributed by atoms with van der Waals surface area (Å²) in [6.07, 6.45) is 14.5. The highest BCUT2D eigenvalue weighted by Crippen LogP contribution is 2.43. The SMILES string of the molecule is Cc1cc(CCCCCCC(C)(C)C)c(C)c(CCCCC2(OC=O)CC2)c1. The van der Waals surface area contributed by atoms with Gasteiger partial charge in [0.25, 0.3) is 6.47 Å². The zero-order valence-electron chi connectivity index (χ0n) is 19.0. The van der Waals surface area contributed by atoms with Crippen molar-refractivity contribution in [3.05, 3.63) is 34.4 Å². The molecule has 0 radical (unpaired) electrons. The maximum Gasteiger partial charge on any atom is 0.293 e. The Morgan fingerprint density at radius 2 is 1.50 bits per heavy atom. The van der Waals surface area contributed by atoms with Crippen molar-refractivity contribution in [2.45, 2.75) is 117 Å². The minimum Gasteiger partial charge on any atom is -0.461 e. The molecule has 1 aromatic carbocycles. The second-order valence-electron chi connectivity index (χ2n) is 10.3. The van der Waals surface area contributed by atoms with Gasteiger partial charge in [0.05, 0.1) is 0 Å². The summed E-state index contributed by atoms with van der Waals surface area (Å²) in [6.45, 7) is 12.2. The van der Waals surface area contributed by atoms with Crippen LogP contribution in [0.3, 0.4) is 0 Å². The van der Waals surface area contributed by atoms with Gasteiger partial charge >= 0.3 is 0 Å². The molecule has 1 aliphatic carbocycles. The maximum atomic E-state index is 10.6. The summed E-state index contributed by atoms with van der Waals surface area (Å²) in [5.41, 5.74) is 6.34. The molecule has 2 nitrogen and oxygen atoms in total. The Labute approximate surface area is 173 Å².